The average Bonchev–Trinajstić information content (AvgIpc) is 3.23. The van der Waals surface area contributed by atoms with E-state index in [1.807, 2.05) is 6.92 Å². The molecule has 1 saturated heterocycles. The summed E-state index contributed by atoms with van der Waals surface area (Å²) in [5, 5.41) is 13.2. The Kier molecular flexibility index (Phi) is 4.02. The van der Waals surface area contributed by atoms with Gasteiger partial charge in [0.05, 0.1) is 18.8 Å². The topological polar surface area (TPSA) is 61.8 Å². The van der Waals surface area contributed by atoms with E-state index in [0.717, 1.165) is 45.2 Å². The van der Waals surface area contributed by atoms with Gasteiger partial charge in [0.2, 0.25) is 5.91 Å². The summed E-state index contributed by atoms with van der Waals surface area (Å²) in [4.78, 5) is 14.0. The minimum Gasteiger partial charge on any atom is -0.392 e. The van der Waals surface area contributed by atoms with Crippen LogP contribution in [0.1, 0.15) is 39.0 Å². The Hall–Kier alpha value is -0.650. The number of aliphatic hydroxyl groups excluding tert-OH is 1. The Bertz CT molecular complexity index is 360. The molecule has 2 N–H and O–H groups in total. The van der Waals surface area contributed by atoms with Crippen molar-refractivity contribution in [2.45, 2.75) is 57.3 Å². The molecule has 0 bridgehead atoms. The number of aliphatic hydroxyl groups is 1. The minimum absolute atomic E-state index is 0.0422. The van der Waals surface area contributed by atoms with Crippen molar-refractivity contribution in [3.63, 3.8) is 0 Å². The molecule has 3 aliphatic rings. The molecule has 2 saturated carbocycles. The Morgan fingerprint density at radius 3 is 2.65 bits per heavy atom. The van der Waals surface area contributed by atoms with Crippen molar-refractivity contribution in [1.29, 1.82) is 0 Å². The maximum Gasteiger partial charge on any atom is 0.234 e. The maximum atomic E-state index is 11.8. The van der Waals surface area contributed by atoms with Crippen LogP contribution in [-0.4, -0.2) is 60.4 Å². The largest absolute Gasteiger partial charge is 0.392 e. The van der Waals surface area contributed by atoms with E-state index in [9.17, 15) is 9.90 Å². The molecule has 1 heterocycles. The smallest absolute Gasteiger partial charge is 0.234 e. The fourth-order valence-corrected chi connectivity index (χ4v) is 3.65. The Labute approximate surface area is 120 Å². The third kappa shape index (κ3) is 2.71. The van der Waals surface area contributed by atoms with Gasteiger partial charge < -0.3 is 15.2 Å². The molecular formula is C15H26N2O3. The Morgan fingerprint density at radius 1 is 1.40 bits per heavy atom. The average molecular weight is 282 g/mol. The molecule has 0 aromatic rings. The van der Waals surface area contributed by atoms with Crippen LogP contribution in [0.15, 0.2) is 0 Å². The fourth-order valence-electron chi connectivity index (χ4n) is 3.65. The van der Waals surface area contributed by atoms with Crippen LogP contribution in [-0.2, 0) is 9.53 Å². The van der Waals surface area contributed by atoms with Gasteiger partial charge in [-0.25, -0.2) is 0 Å². The second-order valence-electron chi connectivity index (χ2n) is 6.55. The number of nitrogens with zero attached hydrogens (tertiary/aromatic N) is 1. The van der Waals surface area contributed by atoms with Crippen molar-refractivity contribution >= 4 is 5.91 Å². The predicted molar refractivity (Wildman–Crippen MR) is 75.3 cm³/mol. The maximum absolute atomic E-state index is 11.8. The number of carbonyl (C=O) groups is 1. The van der Waals surface area contributed by atoms with Gasteiger partial charge in [-0.05, 0) is 45.7 Å². The zero-order chi connectivity index (χ0) is 14.2. The first-order valence-corrected chi connectivity index (χ1v) is 7.95. The van der Waals surface area contributed by atoms with Crippen molar-refractivity contribution in [2.75, 3.05) is 26.2 Å². The molecule has 1 amide bonds. The van der Waals surface area contributed by atoms with Crippen molar-refractivity contribution < 1.29 is 14.6 Å². The van der Waals surface area contributed by atoms with Gasteiger partial charge in [-0.3, -0.25) is 9.69 Å². The van der Waals surface area contributed by atoms with E-state index >= 15 is 0 Å². The number of hydrogen-bond acceptors (Lipinski definition) is 4. The number of amides is 1. The molecule has 0 aromatic heterocycles. The van der Waals surface area contributed by atoms with Crippen molar-refractivity contribution in [2.24, 2.45) is 5.41 Å². The SMILES string of the molecule is CCOC1CC(O)C12CCN(CC(=O)NC1CC1)CC2. The summed E-state index contributed by atoms with van der Waals surface area (Å²) in [5.74, 6) is 0.152. The van der Waals surface area contributed by atoms with Gasteiger partial charge >= 0.3 is 0 Å². The van der Waals surface area contributed by atoms with E-state index in [4.69, 9.17) is 4.74 Å². The van der Waals surface area contributed by atoms with Gasteiger partial charge in [-0.15, -0.1) is 0 Å². The highest BCUT2D eigenvalue weighted by Gasteiger charge is 2.55. The molecule has 2 unspecified atom stereocenters. The van der Waals surface area contributed by atoms with Crippen LogP contribution in [0.5, 0.6) is 0 Å². The quantitative estimate of drug-likeness (QED) is 0.771. The van der Waals surface area contributed by atoms with Gasteiger partial charge in [0.25, 0.3) is 0 Å². The number of piperidine rings is 1. The van der Waals surface area contributed by atoms with Gasteiger partial charge in [-0.2, -0.15) is 0 Å². The van der Waals surface area contributed by atoms with E-state index in [0.29, 0.717) is 19.2 Å². The Morgan fingerprint density at radius 2 is 2.10 bits per heavy atom. The van der Waals surface area contributed by atoms with Crippen molar-refractivity contribution in [3.8, 4) is 0 Å². The normalized spacial score (nSPS) is 32.9. The number of hydrogen-bond donors (Lipinski definition) is 2. The van der Waals surface area contributed by atoms with Crippen LogP contribution in [0.4, 0.5) is 0 Å². The fraction of sp³-hybridized carbons (Fsp3) is 0.933. The summed E-state index contributed by atoms with van der Waals surface area (Å²) < 4.78 is 5.76. The zero-order valence-electron chi connectivity index (χ0n) is 12.3. The third-order valence-corrected chi connectivity index (χ3v) is 5.21. The first-order chi connectivity index (χ1) is 9.64. The Balaban J connectivity index is 1.47. The molecule has 2 atom stereocenters. The molecule has 0 radical (unpaired) electrons. The minimum atomic E-state index is -0.221. The van der Waals surface area contributed by atoms with Crippen LogP contribution >= 0.6 is 0 Å². The van der Waals surface area contributed by atoms with E-state index in [1.165, 1.54) is 0 Å². The summed E-state index contributed by atoms with van der Waals surface area (Å²) in [7, 11) is 0. The molecule has 20 heavy (non-hydrogen) atoms. The first kappa shape index (κ1) is 14.3. The lowest BCUT2D eigenvalue weighted by molar-refractivity contribution is -0.209. The lowest BCUT2D eigenvalue weighted by Gasteiger charge is -2.56. The highest BCUT2D eigenvalue weighted by atomic mass is 16.5. The standard InChI is InChI=1S/C15H26N2O3/c1-2-20-13-9-12(18)15(13)5-7-17(8-6-15)10-14(19)16-11-3-4-11/h11-13,18H,2-10H2,1H3,(H,16,19). The molecule has 114 valence electrons. The lowest BCUT2D eigenvalue weighted by Crippen LogP contribution is -2.62. The molecule has 2 aliphatic carbocycles. The summed E-state index contributed by atoms with van der Waals surface area (Å²) in [5.41, 5.74) is -0.0422. The highest BCUT2D eigenvalue weighted by molar-refractivity contribution is 5.78. The second kappa shape index (κ2) is 5.62. The highest BCUT2D eigenvalue weighted by Crippen LogP contribution is 2.50. The molecule has 5 nitrogen and oxygen atoms in total. The van der Waals surface area contributed by atoms with Crippen LogP contribution in [0.3, 0.4) is 0 Å². The number of ether oxygens (including phenoxy) is 1. The van der Waals surface area contributed by atoms with E-state index < -0.39 is 0 Å². The number of nitrogens with one attached hydrogen (secondary N) is 1. The number of likely N-dealkylation sites (tertiary alicyclic amines) is 1. The monoisotopic (exact) mass is 282 g/mol. The molecule has 3 rings (SSSR count). The van der Waals surface area contributed by atoms with Crippen molar-refractivity contribution in [1.82, 2.24) is 10.2 Å². The molecule has 1 aliphatic heterocycles. The van der Waals surface area contributed by atoms with Crippen LogP contribution in [0, 0.1) is 5.41 Å². The summed E-state index contributed by atoms with van der Waals surface area (Å²) >= 11 is 0. The van der Waals surface area contributed by atoms with Gasteiger partial charge in [0.15, 0.2) is 0 Å². The first-order valence-electron chi connectivity index (χ1n) is 7.95. The predicted octanol–water partition coefficient (Wildman–Crippen LogP) is 0.517. The lowest BCUT2D eigenvalue weighted by atomic mass is 9.58. The van der Waals surface area contributed by atoms with Gasteiger partial charge in [-0.1, -0.05) is 0 Å². The number of rotatable bonds is 5. The van der Waals surface area contributed by atoms with Crippen LogP contribution in [0.25, 0.3) is 0 Å². The van der Waals surface area contributed by atoms with E-state index in [1.54, 1.807) is 0 Å². The van der Waals surface area contributed by atoms with Crippen LogP contribution < -0.4 is 5.32 Å². The summed E-state index contributed by atoms with van der Waals surface area (Å²) in [6.45, 7) is 5.00. The van der Waals surface area contributed by atoms with Gasteiger partial charge in [0, 0.05) is 24.5 Å². The summed E-state index contributed by atoms with van der Waals surface area (Å²) in [6.07, 6.45) is 4.92. The second-order valence-corrected chi connectivity index (χ2v) is 6.55. The summed E-state index contributed by atoms with van der Waals surface area (Å²) in [6, 6.07) is 0.439. The van der Waals surface area contributed by atoms with E-state index in [2.05, 4.69) is 10.2 Å². The molecule has 5 heteroatoms. The molecule has 1 spiro atoms. The third-order valence-electron chi connectivity index (χ3n) is 5.21. The van der Waals surface area contributed by atoms with Crippen LogP contribution in [0.2, 0.25) is 0 Å². The van der Waals surface area contributed by atoms with E-state index in [-0.39, 0.29) is 23.5 Å². The van der Waals surface area contributed by atoms with Gasteiger partial charge in [0.1, 0.15) is 0 Å². The zero-order valence-corrected chi connectivity index (χ0v) is 12.3. The number of carbonyl (C=O) groups excluding carboxylic acids is 1. The molecule has 3 fully saturated rings. The molecule has 0 aromatic carbocycles. The van der Waals surface area contributed by atoms with Crippen molar-refractivity contribution in [3.05, 3.63) is 0 Å². The molecular weight excluding hydrogens is 256 g/mol.